The Morgan fingerprint density at radius 3 is 2.57 bits per heavy atom. The molecule has 1 atom stereocenters. The number of piperidine rings is 2. The largest absolute Gasteiger partial charge is 0.350 e. The predicted molar refractivity (Wildman–Crippen MR) is 107 cm³/mol. The number of likely N-dealkylation sites (tertiary alicyclic amines) is 1. The van der Waals surface area contributed by atoms with Gasteiger partial charge in [0.15, 0.2) is 0 Å². The highest BCUT2D eigenvalue weighted by Crippen LogP contribution is 2.33. The molecule has 4 rings (SSSR count). The maximum Gasteiger partial charge on any atom is 0.224 e. The van der Waals surface area contributed by atoms with Gasteiger partial charge in [0.25, 0.3) is 0 Å². The predicted octanol–water partition coefficient (Wildman–Crippen LogP) is 1.37. The molecule has 0 spiro atoms. The Kier molecular flexibility index (Phi) is 5.99. The molecule has 1 saturated carbocycles. The van der Waals surface area contributed by atoms with E-state index in [1.165, 1.54) is 0 Å². The molecule has 28 heavy (non-hydrogen) atoms. The summed E-state index contributed by atoms with van der Waals surface area (Å²) in [5, 5.41) is 2.90. The summed E-state index contributed by atoms with van der Waals surface area (Å²) >= 11 is 0. The lowest BCUT2D eigenvalue weighted by atomic mass is 9.93. The third-order valence-corrected chi connectivity index (χ3v) is 8.64. The topological polar surface area (TPSA) is 82.6 Å². The van der Waals surface area contributed by atoms with Crippen molar-refractivity contribution < 1.29 is 13.2 Å². The van der Waals surface area contributed by atoms with Gasteiger partial charge in [0.1, 0.15) is 0 Å². The molecule has 0 unspecified atom stereocenters. The van der Waals surface area contributed by atoms with Crippen LogP contribution in [0.15, 0.2) is 24.4 Å². The third kappa shape index (κ3) is 4.55. The molecule has 1 aromatic rings. The maximum atomic E-state index is 12.6. The zero-order valence-corrected chi connectivity index (χ0v) is 17.1. The van der Waals surface area contributed by atoms with Crippen LogP contribution in [0.5, 0.6) is 0 Å². The van der Waals surface area contributed by atoms with E-state index in [2.05, 4.69) is 15.2 Å². The van der Waals surface area contributed by atoms with Crippen molar-refractivity contribution in [3.63, 3.8) is 0 Å². The van der Waals surface area contributed by atoms with Gasteiger partial charge >= 0.3 is 0 Å². The Balaban J connectivity index is 1.26. The number of pyridine rings is 1. The lowest BCUT2D eigenvalue weighted by molar-refractivity contribution is -0.127. The number of hydrogen-bond donors (Lipinski definition) is 1. The molecule has 3 fully saturated rings. The highest BCUT2D eigenvalue weighted by Gasteiger charge is 2.42. The Morgan fingerprint density at radius 1 is 1.11 bits per heavy atom. The van der Waals surface area contributed by atoms with Gasteiger partial charge in [0.2, 0.25) is 15.9 Å². The number of amides is 1. The Labute approximate surface area is 167 Å². The number of carbonyl (C=O) groups is 1. The van der Waals surface area contributed by atoms with E-state index in [0.29, 0.717) is 25.7 Å². The number of hydrogen-bond acceptors (Lipinski definition) is 5. The van der Waals surface area contributed by atoms with Crippen LogP contribution < -0.4 is 5.32 Å². The summed E-state index contributed by atoms with van der Waals surface area (Å²) in [7, 11) is -3.06. The zero-order chi connectivity index (χ0) is 19.6. The fourth-order valence-corrected chi connectivity index (χ4v) is 6.29. The zero-order valence-electron chi connectivity index (χ0n) is 16.3. The molecule has 1 aromatic heterocycles. The van der Waals surface area contributed by atoms with Gasteiger partial charge in [-0.25, -0.2) is 12.7 Å². The number of nitrogens with one attached hydrogen (secondary N) is 1. The van der Waals surface area contributed by atoms with E-state index in [4.69, 9.17) is 0 Å². The van der Waals surface area contributed by atoms with Crippen molar-refractivity contribution in [3.05, 3.63) is 30.1 Å². The van der Waals surface area contributed by atoms with Crippen molar-refractivity contribution in [2.45, 2.75) is 56.4 Å². The molecule has 8 heteroatoms. The summed E-state index contributed by atoms with van der Waals surface area (Å²) < 4.78 is 26.5. The Morgan fingerprint density at radius 2 is 1.89 bits per heavy atom. The molecule has 0 aromatic carbocycles. The monoisotopic (exact) mass is 406 g/mol. The summed E-state index contributed by atoms with van der Waals surface area (Å²) in [6.07, 6.45) is 7.05. The minimum absolute atomic E-state index is 0.00527. The second kappa shape index (κ2) is 8.47. The Hall–Kier alpha value is -1.51. The van der Waals surface area contributed by atoms with E-state index in [1.54, 1.807) is 10.5 Å². The summed E-state index contributed by atoms with van der Waals surface area (Å²) in [5.74, 6) is 0.106. The molecule has 1 N–H and O–H groups in total. The highest BCUT2D eigenvalue weighted by molar-refractivity contribution is 7.90. The minimum Gasteiger partial charge on any atom is -0.350 e. The van der Waals surface area contributed by atoms with Crippen molar-refractivity contribution in [3.8, 4) is 0 Å². The molecule has 0 radical (unpaired) electrons. The van der Waals surface area contributed by atoms with Crippen molar-refractivity contribution in [2.75, 3.05) is 26.2 Å². The summed E-state index contributed by atoms with van der Waals surface area (Å²) in [5.41, 5.74) is 0.868. The molecule has 3 aliphatic rings. The van der Waals surface area contributed by atoms with E-state index < -0.39 is 10.0 Å². The van der Waals surface area contributed by atoms with Crippen molar-refractivity contribution in [1.29, 1.82) is 0 Å². The van der Waals surface area contributed by atoms with Crippen molar-refractivity contribution >= 4 is 15.9 Å². The SMILES string of the molecule is O=C(NCc1ccccn1)[C@@H]1CCCN(C2CCN(S(=O)(=O)C3CC3)CC2)C1. The van der Waals surface area contributed by atoms with Gasteiger partial charge in [-0.1, -0.05) is 6.07 Å². The molecular formula is C20H30N4O3S. The minimum atomic E-state index is -3.06. The first-order chi connectivity index (χ1) is 13.5. The van der Waals surface area contributed by atoms with Crippen LogP contribution in [0.2, 0.25) is 0 Å². The Bertz CT molecular complexity index is 774. The fraction of sp³-hybridized carbons (Fsp3) is 0.700. The van der Waals surface area contributed by atoms with Crippen LogP contribution in [0.1, 0.15) is 44.2 Å². The first-order valence-corrected chi connectivity index (χ1v) is 11.9. The van der Waals surface area contributed by atoms with Crippen molar-refractivity contribution in [1.82, 2.24) is 19.5 Å². The molecule has 154 valence electrons. The lowest BCUT2D eigenvalue weighted by Crippen LogP contribution is -2.51. The number of nitrogens with zero attached hydrogens (tertiary/aromatic N) is 3. The van der Waals surface area contributed by atoms with Crippen LogP contribution in [0, 0.1) is 5.92 Å². The lowest BCUT2D eigenvalue weighted by Gasteiger charge is -2.41. The fourth-order valence-electron chi connectivity index (χ4n) is 4.42. The molecule has 3 heterocycles. The number of carbonyl (C=O) groups excluding carboxylic acids is 1. The number of rotatable bonds is 6. The average molecular weight is 407 g/mol. The third-order valence-electron chi connectivity index (χ3n) is 6.24. The molecule has 0 bridgehead atoms. The molecular weight excluding hydrogens is 376 g/mol. The van der Waals surface area contributed by atoms with Gasteiger partial charge in [0.05, 0.1) is 23.4 Å². The molecule has 2 aliphatic heterocycles. The van der Waals surface area contributed by atoms with E-state index >= 15 is 0 Å². The van der Waals surface area contributed by atoms with Gasteiger partial charge < -0.3 is 5.32 Å². The van der Waals surface area contributed by atoms with Gasteiger partial charge in [-0.15, -0.1) is 0 Å². The molecule has 1 amide bonds. The van der Waals surface area contributed by atoms with Gasteiger partial charge in [0, 0.05) is 31.9 Å². The highest BCUT2D eigenvalue weighted by atomic mass is 32.2. The van der Waals surface area contributed by atoms with Crippen LogP contribution in [0.25, 0.3) is 0 Å². The van der Waals surface area contributed by atoms with E-state index in [0.717, 1.165) is 57.3 Å². The summed E-state index contributed by atoms with van der Waals surface area (Å²) in [4.78, 5) is 19.3. The smallest absolute Gasteiger partial charge is 0.224 e. The van der Waals surface area contributed by atoms with E-state index in [-0.39, 0.29) is 17.1 Å². The first kappa shape index (κ1) is 19.8. The second-order valence-corrected chi connectivity index (χ2v) is 10.5. The standard InChI is InChI=1S/C20H30N4O3S/c25-20(22-14-17-5-1-2-10-21-17)16-4-3-11-23(15-16)18-8-12-24(13-9-18)28(26,27)19-6-7-19/h1-2,5,10,16,18-19H,3-4,6-9,11-15H2,(H,22,25)/t16-/m1/s1. The van der Waals surface area contributed by atoms with Crippen molar-refractivity contribution in [2.24, 2.45) is 5.92 Å². The quantitative estimate of drug-likeness (QED) is 0.771. The van der Waals surface area contributed by atoms with E-state index in [1.807, 2.05) is 18.2 Å². The average Bonchev–Trinajstić information content (AvgIpc) is 3.59. The number of aromatic nitrogens is 1. The van der Waals surface area contributed by atoms with Crippen LogP contribution in [-0.4, -0.2) is 66.0 Å². The van der Waals surface area contributed by atoms with Crippen LogP contribution in [-0.2, 0) is 21.4 Å². The van der Waals surface area contributed by atoms with Gasteiger partial charge in [-0.3, -0.25) is 14.7 Å². The van der Waals surface area contributed by atoms with Gasteiger partial charge in [-0.05, 0) is 57.2 Å². The van der Waals surface area contributed by atoms with Crippen LogP contribution >= 0.6 is 0 Å². The first-order valence-electron chi connectivity index (χ1n) is 10.4. The van der Waals surface area contributed by atoms with Crippen LogP contribution in [0.3, 0.4) is 0 Å². The van der Waals surface area contributed by atoms with Gasteiger partial charge in [-0.2, -0.15) is 0 Å². The normalized spacial score (nSPS) is 25.5. The number of sulfonamides is 1. The summed E-state index contributed by atoms with van der Waals surface area (Å²) in [6.45, 7) is 3.48. The molecule has 7 nitrogen and oxygen atoms in total. The second-order valence-electron chi connectivity index (χ2n) is 8.25. The van der Waals surface area contributed by atoms with E-state index in [9.17, 15) is 13.2 Å². The summed E-state index contributed by atoms with van der Waals surface area (Å²) in [6, 6.07) is 6.09. The maximum absolute atomic E-state index is 12.6. The van der Waals surface area contributed by atoms with Crippen LogP contribution in [0.4, 0.5) is 0 Å². The molecule has 1 aliphatic carbocycles. The molecule has 2 saturated heterocycles.